The first-order chi connectivity index (χ1) is 13.1. The minimum atomic E-state index is 0.119. The summed E-state index contributed by atoms with van der Waals surface area (Å²) in [5.41, 5.74) is 12.9. The van der Waals surface area contributed by atoms with Crippen LogP contribution >= 0.6 is 12.2 Å². The summed E-state index contributed by atoms with van der Waals surface area (Å²) in [6.45, 7) is 0. The number of nitrogens with zero attached hydrogens (tertiary/aromatic N) is 4. The lowest BCUT2D eigenvalue weighted by Crippen LogP contribution is -2.24. The summed E-state index contributed by atoms with van der Waals surface area (Å²) in [4.78, 5) is 0. The van der Waals surface area contributed by atoms with Crippen LogP contribution in [0, 0.1) is 0 Å². The molecule has 0 unspecified atom stereocenters. The normalized spacial score (nSPS) is 11.3. The molecule has 2 aromatic heterocycles. The zero-order valence-corrected chi connectivity index (χ0v) is 15.5. The molecular weight excluding hydrogens is 356 g/mol. The fourth-order valence-corrected chi connectivity index (χ4v) is 3.15. The maximum absolute atomic E-state index is 5.46. The highest BCUT2D eigenvalue weighted by molar-refractivity contribution is 7.80. The maximum Gasteiger partial charge on any atom is 0.184 e. The molecule has 0 atom stereocenters. The number of rotatable bonds is 4. The van der Waals surface area contributed by atoms with E-state index in [1.54, 1.807) is 6.21 Å². The maximum atomic E-state index is 5.46. The molecule has 2 heterocycles. The lowest BCUT2D eigenvalue weighted by atomic mass is 10.1. The second-order valence-electron chi connectivity index (χ2n) is 6.12. The number of hydrazone groups is 1. The number of hydrogen-bond donors (Lipinski definition) is 2. The zero-order chi connectivity index (χ0) is 18.8. The molecule has 0 aliphatic carbocycles. The largest absolute Gasteiger partial charge is 0.375 e. The van der Waals surface area contributed by atoms with Gasteiger partial charge >= 0.3 is 0 Å². The van der Waals surface area contributed by atoms with Crippen molar-refractivity contribution in [3.05, 3.63) is 72.6 Å². The molecule has 0 aliphatic rings. The first-order valence-electron chi connectivity index (χ1n) is 8.41. The van der Waals surface area contributed by atoms with Crippen LogP contribution in [0.2, 0.25) is 0 Å². The first kappa shape index (κ1) is 17.0. The van der Waals surface area contributed by atoms with Crippen LogP contribution in [0.15, 0.2) is 72.1 Å². The second-order valence-corrected chi connectivity index (χ2v) is 6.56. The van der Waals surface area contributed by atoms with Crippen molar-refractivity contribution in [2.24, 2.45) is 17.9 Å². The SMILES string of the molecule is Cn1cc(-c2nn(-c3ccccc3)cc2/C=N\NC(N)=S)c2ccccc21. The van der Waals surface area contributed by atoms with Gasteiger partial charge in [0.15, 0.2) is 5.11 Å². The Bertz CT molecular complexity index is 1140. The van der Waals surface area contributed by atoms with Gasteiger partial charge in [-0.2, -0.15) is 10.2 Å². The van der Waals surface area contributed by atoms with E-state index < -0.39 is 0 Å². The number of benzene rings is 2. The van der Waals surface area contributed by atoms with Crippen LogP contribution in [-0.4, -0.2) is 25.7 Å². The molecule has 0 bridgehead atoms. The van der Waals surface area contributed by atoms with Gasteiger partial charge in [-0.1, -0.05) is 36.4 Å². The van der Waals surface area contributed by atoms with Crippen LogP contribution < -0.4 is 11.2 Å². The Morgan fingerprint density at radius 1 is 1.11 bits per heavy atom. The number of nitrogens with one attached hydrogen (secondary N) is 1. The molecule has 4 rings (SSSR count). The predicted octanol–water partition coefficient (Wildman–Crippen LogP) is 3.20. The number of aryl methyl sites for hydroxylation is 1. The van der Waals surface area contributed by atoms with Gasteiger partial charge in [0, 0.05) is 41.5 Å². The molecule has 6 nitrogen and oxygen atoms in total. The van der Waals surface area contributed by atoms with Gasteiger partial charge in [-0.05, 0) is 30.4 Å². The van der Waals surface area contributed by atoms with Crippen molar-refractivity contribution in [2.75, 3.05) is 0 Å². The van der Waals surface area contributed by atoms with E-state index in [4.69, 9.17) is 23.1 Å². The Kier molecular flexibility index (Phi) is 4.43. The number of hydrogen-bond acceptors (Lipinski definition) is 3. The second kappa shape index (κ2) is 7.05. The van der Waals surface area contributed by atoms with Crippen molar-refractivity contribution in [1.29, 1.82) is 0 Å². The Hall–Kier alpha value is -3.45. The van der Waals surface area contributed by atoms with Crippen LogP contribution in [0.4, 0.5) is 0 Å². The van der Waals surface area contributed by atoms with E-state index in [0.29, 0.717) is 0 Å². The van der Waals surface area contributed by atoms with E-state index in [1.165, 1.54) is 0 Å². The summed E-state index contributed by atoms with van der Waals surface area (Å²) in [6, 6.07) is 18.2. The minimum Gasteiger partial charge on any atom is -0.375 e. The highest BCUT2D eigenvalue weighted by atomic mass is 32.1. The van der Waals surface area contributed by atoms with Gasteiger partial charge in [0.25, 0.3) is 0 Å². The number of aromatic nitrogens is 3. The molecule has 0 radical (unpaired) electrons. The Balaban J connectivity index is 1.88. The van der Waals surface area contributed by atoms with Gasteiger partial charge in [0.05, 0.1) is 11.9 Å². The highest BCUT2D eigenvalue weighted by Crippen LogP contribution is 2.31. The molecule has 134 valence electrons. The summed E-state index contributed by atoms with van der Waals surface area (Å²) in [7, 11) is 2.03. The first-order valence-corrected chi connectivity index (χ1v) is 8.82. The van der Waals surface area contributed by atoms with Crippen molar-refractivity contribution in [3.8, 4) is 16.9 Å². The standard InChI is InChI=1S/C20H18N6S/c1-25-13-17(16-9-5-6-10-18(16)25)19-14(11-22-23-20(21)27)12-26(24-19)15-7-3-2-4-8-15/h2-13H,1H3,(H3,21,23,27)/b22-11-. The van der Waals surface area contributed by atoms with Crippen LogP contribution in [0.1, 0.15) is 5.56 Å². The Morgan fingerprint density at radius 3 is 2.63 bits per heavy atom. The van der Waals surface area contributed by atoms with E-state index >= 15 is 0 Å². The average molecular weight is 374 g/mol. The molecule has 2 aromatic carbocycles. The van der Waals surface area contributed by atoms with Gasteiger partial charge in [0.1, 0.15) is 5.69 Å². The summed E-state index contributed by atoms with van der Waals surface area (Å²) in [6.07, 6.45) is 5.71. The Labute approximate surface area is 161 Å². The smallest absolute Gasteiger partial charge is 0.184 e. The molecular formula is C20H18N6S. The average Bonchev–Trinajstić information content (AvgIpc) is 3.24. The van der Waals surface area contributed by atoms with Crippen LogP contribution in [0.5, 0.6) is 0 Å². The van der Waals surface area contributed by atoms with E-state index in [2.05, 4.69) is 33.4 Å². The van der Waals surface area contributed by atoms with Gasteiger partial charge in [-0.3, -0.25) is 5.43 Å². The van der Waals surface area contributed by atoms with E-state index in [9.17, 15) is 0 Å². The minimum absolute atomic E-state index is 0.119. The number of thiocarbonyl (C=S) groups is 1. The summed E-state index contributed by atoms with van der Waals surface area (Å²) < 4.78 is 3.94. The van der Waals surface area contributed by atoms with Crippen molar-refractivity contribution < 1.29 is 0 Å². The predicted molar refractivity (Wildman–Crippen MR) is 113 cm³/mol. The van der Waals surface area contributed by atoms with Gasteiger partial charge in [0.2, 0.25) is 0 Å². The Morgan fingerprint density at radius 2 is 1.85 bits per heavy atom. The van der Waals surface area contributed by atoms with Crippen molar-refractivity contribution in [3.63, 3.8) is 0 Å². The van der Waals surface area contributed by atoms with E-state index in [0.717, 1.165) is 33.4 Å². The topological polar surface area (TPSA) is 73.2 Å². The van der Waals surface area contributed by atoms with Crippen LogP contribution in [0.3, 0.4) is 0 Å². The molecule has 27 heavy (non-hydrogen) atoms. The lowest BCUT2D eigenvalue weighted by molar-refractivity contribution is 0.883. The third-order valence-corrected chi connectivity index (χ3v) is 4.39. The van der Waals surface area contributed by atoms with Crippen LogP contribution in [-0.2, 0) is 7.05 Å². The van der Waals surface area contributed by atoms with Gasteiger partial charge < -0.3 is 10.3 Å². The highest BCUT2D eigenvalue weighted by Gasteiger charge is 2.16. The molecule has 0 saturated heterocycles. The fraction of sp³-hybridized carbons (Fsp3) is 0.0500. The monoisotopic (exact) mass is 374 g/mol. The van der Waals surface area contributed by atoms with E-state index in [1.807, 2.05) is 60.4 Å². The van der Waals surface area contributed by atoms with Crippen LogP contribution in [0.25, 0.3) is 27.8 Å². The molecule has 0 spiro atoms. The number of para-hydroxylation sites is 2. The van der Waals surface area contributed by atoms with Crippen molar-refractivity contribution in [2.45, 2.75) is 0 Å². The molecule has 0 amide bonds. The number of fused-ring (bicyclic) bond motifs is 1. The summed E-state index contributed by atoms with van der Waals surface area (Å²) >= 11 is 4.81. The van der Waals surface area contributed by atoms with Gasteiger partial charge in [-0.25, -0.2) is 4.68 Å². The molecule has 0 aliphatic heterocycles. The molecule has 4 aromatic rings. The molecule has 0 saturated carbocycles. The van der Waals surface area contributed by atoms with Crippen molar-refractivity contribution in [1.82, 2.24) is 19.8 Å². The molecule has 0 fully saturated rings. The quantitative estimate of drug-likeness (QED) is 0.327. The zero-order valence-electron chi connectivity index (χ0n) is 14.7. The lowest BCUT2D eigenvalue weighted by Gasteiger charge is -1.99. The van der Waals surface area contributed by atoms with Crippen molar-refractivity contribution >= 4 is 34.4 Å². The van der Waals surface area contributed by atoms with Gasteiger partial charge in [-0.15, -0.1) is 0 Å². The molecule has 7 heteroatoms. The third kappa shape index (κ3) is 3.32. The van der Waals surface area contributed by atoms with E-state index in [-0.39, 0.29) is 5.11 Å². The summed E-state index contributed by atoms with van der Waals surface area (Å²) in [5, 5.41) is 10.2. The fourth-order valence-electron chi connectivity index (χ4n) is 3.10. The number of nitrogens with two attached hydrogens (primary N) is 1. The summed E-state index contributed by atoms with van der Waals surface area (Å²) in [5.74, 6) is 0. The third-order valence-electron chi connectivity index (χ3n) is 4.29. The molecule has 3 N–H and O–H groups in total.